The lowest BCUT2D eigenvalue weighted by Gasteiger charge is -2.31. The number of aromatic nitrogens is 1. The number of amides is 2. The van der Waals surface area contributed by atoms with E-state index in [1.807, 2.05) is 0 Å². The first kappa shape index (κ1) is 18.3. The van der Waals surface area contributed by atoms with E-state index in [-0.39, 0.29) is 24.3 Å². The highest BCUT2D eigenvalue weighted by Gasteiger charge is 2.28. The van der Waals surface area contributed by atoms with Crippen molar-refractivity contribution >= 4 is 29.2 Å². The van der Waals surface area contributed by atoms with Crippen molar-refractivity contribution in [1.29, 1.82) is 0 Å². The summed E-state index contributed by atoms with van der Waals surface area (Å²) in [5, 5.41) is 7.12. The Morgan fingerprint density at radius 3 is 2.62 bits per heavy atom. The lowest BCUT2D eigenvalue weighted by atomic mass is 9.96. The van der Waals surface area contributed by atoms with E-state index in [2.05, 4.69) is 10.5 Å². The summed E-state index contributed by atoms with van der Waals surface area (Å²) in [6.45, 7) is 2.78. The molecule has 8 heteroatoms. The van der Waals surface area contributed by atoms with Gasteiger partial charge in [0, 0.05) is 30.1 Å². The van der Waals surface area contributed by atoms with E-state index in [0.29, 0.717) is 48.3 Å². The number of likely N-dealkylation sites (tertiary alicyclic amines) is 1. The maximum absolute atomic E-state index is 12.3. The molecule has 0 radical (unpaired) electrons. The van der Waals surface area contributed by atoms with Gasteiger partial charge in [-0.1, -0.05) is 16.8 Å². The van der Waals surface area contributed by atoms with Crippen LogP contribution in [0.25, 0.3) is 0 Å². The zero-order valence-electron chi connectivity index (χ0n) is 14.4. The maximum Gasteiger partial charge on any atom is 0.260 e. The molecule has 2 heterocycles. The summed E-state index contributed by atoms with van der Waals surface area (Å²) in [6, 6.07) is 8.53. The molecule has 3 rings (SSSR count). The number of ether oxygens (including phenoxy) is 1. The van der Waals surface area contributed by atoms with Gasteiger partial charge in [0.15, 0.2) is 12.4 Å². The molecule has 0 bridgehead atoms. The van der Waals surface area contributed by atoms with Crippen molar-refractivity contribution in [3.63, 3.8) is 0 Å². The van der Waals surface area contributed by atoms with Crippen LogP contribution in [0.15, 0.2) is 34.9 Å². The lowest BCUT2D eigenvalue weighted by Crippen LogP contribution is -2.43. The van der Waals surface area contributed by atoms with Crippen LogP contribution in [-0.4, -0.2) is 41.6 Å². The van der Waals surface area contributed by atoms with Crippen molar-refractivity contribution in [3.8, 4) is 5.75 Å². The minimum atomic E-state index is -0.145. The van der Waals surface area contributed by atoms with Crippen LogP contribution < -0.4 is 10.1 Å². The third kappa shape index (κ3) is 4.76. The summed E-state index contributed by atoms with van der Waals surface area (Å²) in [4.78, 5) is 26.2. The lowest BCUT2D eigenvalue weighted by molar-refractivity contribution is -0.136. The molecule has 1 N–H and O–H groups in total. The number of halogens is 1. The Morgan fingerprint density at radius 1 is 1.31 bits per heavy atom. The molecule has 1 aliphatic rings. The van der Waals surface area contributed by atoms with Crippen molar-refractivity contribution in [2.24, 2.45) is 5.92 Å². The molecule has 0 saturated carbocycles. The minimum Gasteiger partial charge on any atom is -0.484 e. The number of anilines is 1. The standard InChI is InChI=1S/C18H20ClN3O4/c1-12-10-16(21-26-12)20-18(24)13-6-8-22(9-7-13)17(23)11-25-15-4-2-14(19)3-5-15/h2-5,10,13H,6-9,11H2,1H3,(H,20,21,24). The highest BCUT2D eigenvalue weighted by atomic mass is 35.5. The average Bonchev–Trinajstić information content (AvgIpc) is 3.06. The van der Waals surface area contributed by atoms with E-state index in [0.717, 1.165) is 0 Å². The van der Waals surface area contributed by atoms with Crippen molar-refractivity contribution in [2.45, 2.75) is 19.8 Å². The maximum atomic E-state index is 12.3. The molecule has 1 aromatic carbocycles. The fraction of sp³-hybridized carbons (Fsp3) is 0.389. The Kier molecular flexibility index (Phi) is 5.78. The molecule has 2 amide bonds. The third-order valence-corrected chi connectivity index (χ3v) is 4.53. The van der Waals surface area contributed by atoms with E-state index < -0.39 is 0 Å². The highest BCUT2D eigenvalue weighted by Crippen LogP contribution is 2.20. The molecular formula is C18H20ClN3O4. The number of carbonyl (C=O) groups excluding carboxylic acids is 2. The van der Waals surface area contributed by atoms with Gasteiger partial charge in [-0.2, -0.15) is 0 Å². The second-order valence-electron chi connectivity index (χ2n) is 6.21. The van der Waals surface area contributed by atoms with Crippen LogP contribution in [-0.2, 0) is 9.59 Å². The molecule has 0 atom stereocenters. The SMILES string of the molecule is Cc1cc(NC(=O)C2CCN(C(=O)COc3ccc(Cl)cc3)CC2)no1. The normalized spacial score (nSPS) is 14.9. The Hall–Kier alpha value is -2.54. The average molecular weight is 378 g/mol. The van der Waals surface area contributed by atoms with Crippen molar-refractivity contribution in [1.82, 2.24) is 10.1 Å². The zero-order chi connectivity index (χ0) is 18.5. The number of hydrogen-bond acceptors (Lipinski definition) is 5. The number of aryl methyl sites for hydroxylation is 1. The Balaban J connectivity index is 1.43. The molecule has 1 saturated heterocycles. The number of hydrogen-bond donors (Lipinski definition) is 1. The zero-order valence-corrected chi connectivity index (χ0v) is 15.2. The van der Waals surface area contributed by atoms with Crippen LogP contribution in [0, 0.1) is 12.8 Å². The van der Waals surface area contributed by atoms with Gasteiger partial charge in [-0.15, -0.1) is 0 Å². The van der Waals surface area contributed by atoms with Gasteiger partial charge < -0.3 is 19.5 Å². The van der Waals surface area contributed by atoms with Gasteiger partial charge >= 0.3 is 0 Å². The summed E-state index contributed by atoms with van der Waals surface area (Å²) in [5.74, 6) is 1.32. The molecule has 0 spiro atoms. The summed E-state index contributed by atoms with van der Waals surface area (Å²) < 4.78 is 10.4. The van der Waals surface area contributed by atoms with Gasteiger partial charge in [0.2, 0.25) is 5.91 Å². The van der Waals surface area contributed by atoms with E-state index >= 15 is 0 Å². The second kappa shape index (κ2) is 8.23. The highest BCUT2D eigenvalue weighted by molar-refractivity contribution is 6.30. The van der Waals surface area contributed by atoms with Gasteiger partial charge in [0.25, 0.3) is 5.91 Å². The number of carbonyl (C=O) groups is 2. The third-order valence-electron chi connectivity index (χ3n) is 4.27. The first-order chi connectivity index (χ1) is 12.5. The monoisotopic (exact) mass is 377 g/mol. The number of benzene rings is 1. The van der Waals surface area contributed by atoms with E-state index in [4.69, 9.17) is 20.9 Å². The van der Waals surface area contributed by atoms with Crippen molar-refractivity contribution in [3.05, 3.63) is 41.1 Å². The molecule has 1 aromatic heterocycles. The van der Waals surface area contributed by atoms with E-state index in [1.54, 1.807) is 42.2 Å². The predicted octanol–water partition coefficient (Wildman–Crippen LogP) is 2.89. The van der Waals surface area contributed by atoms with Crippen molar-refractivity contribution < 1.29 is 18.8 Å². The summed E-state index contributed by atoms with van der Waals surface area (Å²) in [6.07, 6.45) is 1.21. The number of nitrogens with zero attached hydrogens (tertiary/aromatic N) is 2. The molecule has 2 aromatic rings. The Bertz CT molecular complexity index is 767. The summed E-state index contributed by atoms with van der Waals surface area (Å²) in [5.41, 5.74) is 0. The number of piperidine rings is 1. The fourth-order valence-electron chi connectivity index (χ4n) is 2.81. The summed E-state index contributed by atoms with van der Waals surface area (Å²) in [7, 11) is 0. The van der Waals surface area contributed by atoms with E-state index in [9.17, 15) is 9.59 Å². The van der Waals surface area contributed by atoms with Gasteiger partial charge in [-0.3, -0.25) is 9.59 Å². The molecule has 0 aliphatic carbocycles. The second-order valence-corrected chi connectivity index (χ2v) is 6.65. The topological polar surface area (TPSA) is 84.7 Å². The van der Waals surface area contributed by atoms with Crippen LogP contribution >= 0.6 is 11.6 Å². The number of rotatable bonds is 5. The van der Waals surface area contributed by atoms with Gasteiger partial charge in [-0.05, 0) is 44.0 Å². The Labute approximate surface area is 156 Å². The molecule has 138 valence electrons. The van der Waals surface area contributed by atoms with Gasteiger partial charge in [-0.25, -0.2) is 0 Å². The van der Waals surface area contributed by atoms with Gasteiger partial charge in [0.05, 0.1) is 0 Å². The molecule has 1 fully saturated rings. The van der Waals surface area contributed by atoms with Crippen LogP contribution in [0.3, 0.4) is 0 Å². The quantitative estimate of drug-likeness (QED) is 0.866. The minimum absolute atomic E-state index is 0.0310. The predicted molar refractivity (Wildman–Crippen MR) is 96.1 cm³/mol. The van der Waals surface area contributed by atoms with Crippen LogP contribution in [0.1, 0.15) is 18.6 Å². The fourth-order valence-corrected chi connectivity index (χ4v) is 2.94. The molecule has 1 aliphatic heterocycles. The molecule has 0 unspecified atom stereocenters. The van der Waals surface area contributed by atoms with Crippen LogP contribution in [0.2, 0.25) is 5.02 Å². The van der Waals surface area contributed by atoms with Crippen LogP contribution in [0.5, 0.6) is 5.75 Å². The smallest absolute Gasteiger partial charge is 0.260 e. The van der Waals surface area contributed by atoms with Crippen LogP contribution in [0.4, 0.5) is 5.82 Å². The first-order valence-corrected chi connectivity index (χ1v) is 8.79. The van der Waals surface area contributed by atoms with Gasteiger partial charge in [0.1, 0.15) is 11.5 Å². The largest absolute Gasteiger partial charge is 0.484 e. The van der Waals surface area contributed by atoms with Crippen molar-refractivity contribution in [2.75, 3.05) is 25.0 Å². The van der Waals surface area contributed by atoms with E-state index in [1.165, 1.54) is 0 Å². The molecule has 7 nitrogen and oxygen atoms in total. The molecule has 26 heavy (non-hydrogen) atoms. The Morgan fingerprint density at radius 2 is 2.00 bits per heavy atom. The summed E-state index contributed by atoms with van der Waals surface area (Å²) >= 11 is 5.82. The number of nitrogens with one attached hydrogen (secondary N) is 1. The molecular weight excluding hydrogens is 358 g/mol. The first-order valence-electron chi connectivity index (χ1n) is 8.41.